The van der Waals surface area contributed by atoms with Gasteiger partial charge in [-0.2, -0.15) is 0 Å². The van der Waals surface area contributed by atoms with Crippen molar-refractivity contribution in [2.45, 2.75) is 83.8 Å². The Bertz CT molecular complexity index is 298. The van der Waals surface area contributed by atoms with Crippen LogP contribution in [0.15, 0.2) is 0 Å². The molecule has 2 heteroatoms. The standard InChI is InChI=1S/C18H36NO/c1-5-6-12-18(2,3)20-15-16-10-9-14-19(4)13-8-7-11-17(16)19/h16-17H,5-15H2,1-4H3/q+1/t16-,17+,19-/m0/s1. The monoisotopic (exact) mass is 282 g/mol. The number of fused-ring (bicyclic) bond motifs is 1. The maximum Gasteiger partial charge on any atom is 0.0939 e. The van der Waals surface area contributed by atoms with Gasteiger partial charge in [-0.15, -0.1) is 0 Å². The maximum atomic E-state index is 6.36. The van der Waals surface area contributed by atoms with E-state index in [4.69, 9.17) is 4.74 Å². The van der Waals surface area contributed by atoms with Crippen LogP contribution in [0.5, 0.6) is 0 Å². The van der Waals surface area contributed by atoms with Crippen molar-refractivity contribution in [2.75, 3.05) is 26.7 Å². The molecule has 0 spiro atoms. The molecule has 0 saturated carbocycles. The van der Waals surface area contributed by atoms with Crippen molar-refractivity contribution >= 4 is 0 Å². The zero-order chi connectivity index (χ0) is 14.6. The van der Waals surface area contributed by atoms with Gasteiger partial charge in [0.2, 0.25) is 0 Å². The molecule has 118 valence electrons. The highest BCUT2D eigenvalue weighted by molar-refractivity contribution is 4.80. The van der Waals surface area contributed by atoms with Gasteiger partial charge in [0.25, 0.3) is 0 Å². The minimum absolute atomic E-state index is 0.0749. The Balaban J connectivity index is 1.88. The summed E-state index contributed by atoms with van der Waals surface area (Å²) in [6.45, 7) is 10.6. The molecule has 0 amide bonds. The third kappa shape index (κ3) is 3.98. The van der Waals surface area contributed by atoms with E-state index in [9.17, 15) is 0 Å². The van der Waals surface area contributed by atoms with Crippen LogP contribution in [-0.2, 0) is 4.74 Å². The molecule has 2 saturated heterocycles. The summed E-state index contributed by atoms with van der Waals surface area (Å²) >= 11 is 0. The predicted molar refractivity (Wildman–Crippen MR) is 85.8 cm³/mol. The van der Waals surface area contributed by atoms with Crippen molar-refractivity contribution in [1.29, 1.82) is 0 Å². The van der Waals surface area contributed by atoms with Gasteiger partial charge < -0.3 is 9.22 Å². The Morgan fingerprint density at radius 2 is 1.85 bits per heavy atom. The second-order valence-corrected chi connectivity index (χ2v) is 8.07. The molecule has 0 bridgehead atoms. The molecule has 2 rings (SSSR count). The third-order valence-corrected chi connectivity index (χ3v) is 5.83. The van der Waals surface area contributed by atoms with Crippen LogP contribution in [-0.4, -0.2) is 42.9 Å². The van der Waals surface area contributed by atoms with Crippen LogP contribution in [0.2, 0.25) is 0 Å². The Hall–Kier alpha value is -0.0800. The number of unbranched alkanes of at least 4 members (excludes halogenated alkanes) is 1. The minimum atomic E-state index is 0.0749. The highest BCUT2D eigenvalue weighted by atomic mass is 16.5. The number of nitrogens with zero attached hydrogens (tertiary/aromatic N) is 1. The molecule has 2 aliphatic heterocycles. The van der Waals surface area contributed by atoms with Gasteiger partial charge in [0.15, 0.2) is 0 Å². The minimum Gasteiger partial charge on any atom is -0.375 e. The number of rotatable bonds is 6. The van der Waals surface area contributed by atoms with Gasteiger partial charge in [-0.3, -0.25) is 0 Å². The van der Waals surface area contributed by atoms with Crippen LogP contribution in [0.3, 0.4) is 0 Å². The fraction of sp³-hybridized carbons (Fsp3) is 1.00. The summed E-state index contributed by atoms with van der Waals surface area (Å²) in [6, 6.07) is 0.875. The van der Waals surface area contributed by atoms with Gasteiger partial charge in [0.1, 0.15) is 0 Å². The van der Waals surface area contributed by atoms with Crippen molar-refractivity contribution in [3.8, 4) is 0 Å². The zero-order valence-corrected chi connectivity index (χ0v) is 14.3. The predicted octanol–water partition coefficient (Wildman–Crippen LogP) is 4.38. The van der Waals surface area contributed by atoms with Crippen molar-refractivity contribution < 1.29 is 9.22 Å². The van der Waals surface area contributed by atoms with Gasteiger partial charge in [0, 0.05) is 12.3 Å². The fourth-order valence-corrected chi connectivity index (χ4v) is 4.44. The van der Waals surface area contributed by atoms with Crippen molar-refractivity contribution in [2.24, 2.45) is 5.92 Å². The van der Waals surface area contributed by atoms with Crippen LogP contribution in [0.4, 0.5) is 0 Å². The summed E-state index contributed by atoms with van der Waals surface area (Å²) in [6.07, 6.45) is 10.9. The molecular formula is C18H36NO+. The van der Waals surface area contributed by atoms with E-state index < -0.39 is 0 Å². The van der Waals surface area contributed by atoms with Crippen LogP contribution >= 0.6 is 0 Å². The first kappa shape index (κ1) is 16.3. The van der Waals surface area contributed by atoms with E-state index in [1.54, 1.807) is 0 Å². The maximum absolute atomic E-state index is 6.36. The average molecular weight is 282 g/mol. The molecule has 2 aliphatic rings. The summed E-state index contributed by atoms with van der Waals surface area (Å²) < 4.78 is 7.69. The van der Waals surface area contributed by atoms with Gasteiger partial charge in [-0.05, 0) is 46.0 Å². The van der Waals surface area contributed by atoms with Gasteiger partial charge >= 0.3 is 0 Å². The summed E-state index contributed by atoms with van der Waals surface area (Å²) in [4.78, 5) is 0. The lowest BCUT2D eigenvalue weighted by atomic mass is 9.82. The lowest BCUT2D eigenvalue weighted by Gasteiger charge is -2.51. The SMILES string of the molecule is CCCCC(C)(C)OC[C@@H]1CCC[N@+]2(C)CCCC[C@H]12. The van der Waals surface area contributed by atoms with Gasteiger partial charge in [-0.25, -0.2) is 0 Å². The molecule has 0 aliphatic carbocycles. The summed E-state index contributed by atoms with van der Waals surface area (Å²) in [5, 5.41) is 0. The number of quaternary nitrogens is 1. The Morgan fingerprint density at radius 1 is 1.10 bits per heavy atom. The van der Waals surface area contributed by atoms with Crippen LogP contribution in [0, 0.1) is 5.92 Å². The normalized spacial score (nSPS) is 34.8. The molecule has 2 fully saturated rings. The number of hydrogen-bond acceptors (Lipinski definition) is 1. The molecule has 0 radical (unpaired) electrons. The Labute approximate surface area is 126 Å². The van der Waals surface area contributed by atoms with Crippen LogP contribution in [0.25, 0.3) is 0 Å². The summed E-state index contributed by atoms with van der Waals surface area (Å²) in [5.41, 5.74) is 0.0749. The molecule has 0 aromatic rings. The van der Waals surface area contributed by atoms with Crippen molar-refractivity contribution in [3.63, 3.8) is 0 Å². The van der Waals surface area contributed by atoms with Crippen LogP contribution in [0.1, 0.15) is 72.1 Å². The van der Waals surface area contributed by atoms with Gasteiger partial charge in [0.05, 0.1) is 38.4 Å². The molecule has 0 N–H and O–H groups in total. The van der Waals surface area contributed by atoms with Crippen molar-refractivity contribution in [1.82, 2.24) is 0 Å². The molecule has 2 nitrogen and oxygen atoms in total. The zero-order valence-electron chi connectivity index (χ0n) is 14.3. The largest absolute Gasteiger partial charge is 0.375 e. The Morgan fingerprint density at radius 3 is 2.60 bits per heavy atom. The first-order valence-electron chi connectivity index (χ1n) is 8.95. The molecule has 3 atom stereocenters. The van der Waals surface area contributed by atoms with Crippen molar-refractivity contribution in [3.05, 3.63) is 0 Å². The average Bonchev–Trinajstić information content (AvgIpc) is 2.42. The highest BCUT2D eigenvalue weighted by Crippen LogP contribution is 2.36. The summed E-state index contributed by atoms with van der Waals surface area (Å²) in [7, 11) is 2.50. The smallest absolute Gasteiger partial charge is 0.0939 e. The lowest BCUT2D eigenvalue weighted by Crippen LogP contribution is -2.61. The first-order valence-corrected chi connectivity index (χ1v) is 8.95. The van der Waals surface area contributed by atoms with Crippen LogP contribution < -0.4 is 0 Å². The van der Waals surface area contributed by atoms with E-state index >= 15 is 0 Å². The number of hydrogen-bond donors (Lipinski definition) is 0. The van der Waals surface area contributed by atoms with E-state index in [1.807, 2.05) is 0 Å². The highest BCUT2D eigenvalue weighted by Gasteiger charge is 2.43. The van der Waals surface area contributed by atoms with E-state index in [2.05, 4.69) is 27.8 Å². The van der Waals surface area contributed by atoms with E-state index in [0.717, 1.165) is 18.6 Å². The second kappa shape index (κ2) is 6.79. The first-order chi connectivity index (χ1) is 9.47. The quantitative estimate of drug-likeness (QED) is 0.657. The number of piperidine rings is 2. The fourth-order valence-electron chi connectivity index (χ4n) is 4.44. The van der Waals surface area contributed by atoms with E-state index in [-0.39, 0.29) is 5.60 Å². The molecule has 0 aromatic carbocycles. The molecule has 0 unspecified atom stereocenters. The topological polar surface area (TPSA) is 9.23 Å². The van der Waals surface area contributed by atoms with E-state index in [0.29, 0.717) is 0 Å². The molecule has 2 heterocycles. The van der Waals surface area contributed by atoms with Gasteiger partial charge in [-0.1, -0.05) is 19.8 Å². The third-order valence-electron chi connectivity index (χ3n) is 5.83. The number of ether oxygens (including phenoxy) is 1. The molecule has 0 aromatic heterocycles. The summed E-state index contributed by atoms with van der Waals surface area (Å²) in [5.74, 6) is 0.801. The Kier molecular flexibility index (Phi) is 5.53. The second-order valence-electron chi connectivity index (χ2n) is 8.07. The van der Waals surface area contributed by atoms with E-state index in [1.165, 1.54) is 68.9 Å². The molecular weight excluding hydrogens is 246 g/mol. The lowest BCUT2D eigenvalue weighted by molar-refractivity contribution is -0.947. The molecule has 20 heavy (non-hydrogen) atoms.